The van der Waals surface area contributed by atoms with Crippen molar-refractivity contribution in [1.29, 1.82) is 0 Å². The molecule has 0 fully saturated rings. The summed E-state index contributed by atoms with van der Waals surface area (Å²) in [6.45, 7) is 0.525. The molecule has 0 bridgehead atoms. The summed E-state index contributed by atoms with van der Waals surface area (Å²) in [6.07, 6.45) is 1.41. The molecule has 1 aliphatic heterocycles. The zero-order chi connectivity index (χ0) is 22.1. The van der Waals surface area contributed by atoms with Crippen LogP contribution >= 0.6 is 15.9 Å². The predicted molar refractivity (Wildman–Crippen MR) is 120 cm³/mol. The Hall–Kier alpha value is -3.59. The molecule has 1 N–H and O–H groups in total. The number of hydrogen-bond acceptors (Lipinski definition) is 7. The fourth-order valence-corrected chi connectivity index (χ4v) is 3.68. The maximum atomic E-state index is 14.3. The van der Waals surface area contributed by atoms with Crippen molar-refractivity contribution < 1.29 is 23.3 Å². The smallest absolute Gasteiger partial charge is 0.231 e. The summed E-state index contributed by atoms with van der Waals surface area (Å²) in [4.78, 5) is 8.61. The standard InChI is InChI=1S/C23H17BrFN3O4/c1-29-20-8-15-18(26-11-27-23(15)28-17-4-3-14(24)7-16(17)25)9-22(20)30-10-13-2-5-19-21(6-13)32-12-31-19/h2-9,11H,10,12H2,1H3,(H,26,27,28). The van der Waals surface area contributed by atoms with E-state index in [1.165, 1.54) is 12.4 Å². The van der Waals surface area contributed by atoms with Crippen LogP contribution in [0.5, 0.6) is 23.0 Å². The molecule has 162 valence electrons. The lowest BCUT2D eigenvalue weighted by Crippen LogP contribution is -2.01. The predicted octanol–water partition coefficient (Wildman–Crippen LogP) is 5.59. The summed E-state index contributed by atoms with van der Waals surface area (Å²) in [5.41, 5.74) is 1.85. The summed E-state index contributed by atoms with van der Waals surface area (Å²) in [5, 5.41) is 3.69. The van der Waals surface area contributed by atoms with Gasteiger partial charge in [-0.3, -0.25) is 0 Å². The molecule has 0 unspecified atom stereocenters. The number of nitrogens with one attached hydrogen (secondary N) is 1. The molecule has 4 aromatic rings. The van der Waals surface area contributed by atoms with E-state index in [1.807, 2.05) is 18.2 Å². The number of nitrogens with zero attached hydrogens (tertiary/aromatic N) is 2. The zero-order valence-electron chi connectivity index (χ0n) is 16.9. The van der Waals surface area contributed by atoms with Crippen LogP contribution in [0.1, 0.15) is 5.56 Å². The summed E-state index contributed by atoms with van der Waals surface area (Å²) in [6, 6.07) is 13.9. The van der Waals surface area contributed by atoms with E-state index in [0.29, 0.717) is 50.7 Å². The second kappa shape index (κ2) is 8.51. The SMILES string of the molecule is COc1cc2c(Nc3ccc(Br)cc3F)ncnc2cc1OCc1ccc2c(c1)OCO2. The summed E-state index contributed by atoms with van der Waals surface area (Å²) in [7, 11) is 1.56. The molecule has 0 atom stereocenters. The second-order valence-electron chi connectivity index (χ2n) is 6.97. The molecule has 0 aliphatic carbocycles. The van der Waals surface area contributed by atoms with Crippen molar-refractivity contribution in [3.63, 3.8) is 0 Å². The van der Waals surface area contributed by atoms with Gasteiger partial charge in [0.25, 0.3) is 0 Å². The van der Waals surface area contributed by atoms with Crippen LogP contribution in [-0.4, -0.2) is 23.9 Å². The maximum Gasteiger partial charge on any atom is 0.231 e. The number of methoxy groups -OCH3 is 1. The number of halogens is 2. The first-order valence-electron chi connectivity index (χ1n) is 9.67. The van der Waals surface area contributed by atoms with Gasteiger partial charge < -0.3 is 24.3 Å². The molecule has 32 heavy (non-hydrogen) atoms. The van der Waals surface area contributed by atoms with Crippen LogP contribution < -0.4 is 24.3 Å². The highest BCUT2D eigenvalue weighted by Gasteiger charge is 2.16. The first-order valence-corrected chi connectivity index (χ1v) is 10.5. The third-order valence-electron chi connectivity index (χ3n) is 4.94. The van der Waals surface area contributed by atoms with Crippen molar-refractivity contribution >= 4 is 38.3 Å². The van der Waals surface area contributed by atoms with Crippen LogP contribution in [0, 0.1) is 5.82 Å². The minimum Gasteiger partial charge on any atom is -0.493 e. The van der Waals surface area contributed by atoms with Gasteiger partial charge in [-0.25, -0.2) is 14.4 Å². The van der Waals surface area contributed by atoms with Gasteiger partial charge in [-0.2, -0.15) is 0 Å². The Morgan fingerprint density at radius 3 is 2.75 bits per heavy atom. The molecule has 0 spiro atoms. The Bertz CT molecular complexity index is 1320. The van der Waals surface area contributed by atoms with Gasteiger partial charge in [-0.15, -0.1) is 0 Å². The molecule has 0 saturated carbocycles. The monoisotopic (exact) mass is 497 g/mol. The normalized spacial score (nSPS) is 12.1. The van der Waals surface area contributed by atoms with Crippen LogP contribution in [-0.2, 0) is 6.61 Å². The summed E-state index contributed by atoms with van der Waals surface area (Å²) < 4.78 is 37.2. The number of benzene rings is 3. The molecule has 0 amide bonds. The fraction of sp³-hybridized carbons (Fsp3) is 0.130. The van der Waals surface area contributed by atoms with Crippen molar-refractivity contribution in [2.75, 3.05) is 19.2 Å². The summed E-state index contributed by atoms with van der Waals surface area (Å²) >= 11 is 3.26. The molecule has 3 aromatic carbocycles. The van der Waals surface area contributed by atoms with Crippen LogP contribution in [0.4, 0.5) is 15.9 Å². The Kier molecular flexibility index (Phi) is 5.40. The lowest BCUT2D eigenvalue weighted by Gasteiger charge is -2.14. The van der Waals surface area contributed by atoms with E-state index in [9.17, 15) is 4.39 Å². The van der Waals surface area contributed by atoms with Crippen molar-refractivity contribution in [3.8, 4) is 23.0 Å². The van der Waals surface area contributed by atoms with E-state index in [0.717, 1.165) is 11.3 Å². The average molecular weight is 498 g/mol. The number of fused-ring (bicyclic) bond motifs is 2. The van der Waals surface area contributed by atoms with Gasteiger partial charge in [0.15, 0.2) is 23.0 Å². The number of ether oxygens (including phenoxy) is 4. The van der Waals surface area contributed by atoms with Crippen molar-refractivity contribution in [2.45, 2.75) is 6.61 Å². The molecular formula is C23H17BrFN3O4. The Balaban J connectivity index is 1.43. The minimum absolute atomic E-state index is 0.221. The van der Waals surface area contributed by atoms with Crippen LogP contribution in [0.2, 0.25) is 0 Å². The first-order chi connectivity index (χ1) is 15.6. The molecule has 5 rings (SSSR count). The molecule has 0 saturated heterocycles. The second-order valence-corrected chi connectivity index (χ2v) is 7.88. The number of aromatic nitrogens is 2. The van der Waals surface area contributed by atoms with E-state index in [2.05, 4.69) is 31.2 Å². The van der Waals surface area contributed by atoms with Gasteiger partial charge in [0, 0.05) is 15.9 Å². The van der Waals surface area contributed by atoms with E-state index in [1.54, 1.807) is 31.4 Å². The average Bonchev–Trinajstić information content (AvgIpc) is 3.27. The van der Waals surface area contributed by atoms with Gasteiger partial charge in [0.05, 0.1) is 18.3 Å². The van der Waals surface area contributed by atoms with Gasteiger partial charge in [-0.05, 0) is 42.0 Å². The maximum absolute atomic E-state index is 14.3. The Morgan fingerprint density at radius 2 is 1.91 bits per heavy atom. The molecule has 0 radical (unpaired) electrons. The molecule has 2 heterocycles. The number of rotatable bonds is 6. The highest BCUT2D eigenvalue weighted by molar-refractivity contribution is 9.10. The fourth-order valence-electron chi connectivity index (χ4n) is 3.35. The minimum atomic E-state index is -0.401. The van der Waals surface area contributed by atoms with Gasteiger partial charge in [0.2, 0.25) is 6.79 Å². The highest BCUT2D eigenvalue weighted by Crippen LogP contribution is 2.37. The zero-order valence-corrected chi connectivity index (χ0v) is 18.5. The van der Waals surface area contributed by atoms with Crippen LogP contribution in [0.25, 0.3) is 10.9 Å². The highest BCUT2D eigenvalue weighted by atomic mass is 79.9. The lowest BCUT2D eigenvalue weighted by atomic mass is 10.2. The molecular weight excluding hydrogens is 481 g/mol. The van der Waals surface area contributed by atoms with E-state index < -0.39 is 5.82 Å². The lowest BCUT2D eigenvalue weighted by molar-refractivity contribution is 0.174. The Morgan fingerprint density at radius 1 is 1.03 bits per heavy atom. The quantitative estimate of drug-likeness (QED) is 0.372. The first kappa shape index (κ1) is 20.3. The Labute approximate surface area is 191 Å². The largest absolute Gasteiger partial charge is 0.493 e. The van der Waals surface area contributed by atoms with E-state index in [-0.39, 0.29) is 6.79 Å². The van der Waals surface area contributed by atoms with Crippen LogP contribution in [0.3, 0.4) is 0 Å². The summed E-state index contributed by atoms with van der Waals surface area (Å²) in [5.74, 6) is 2.50. The number of hydrogen-bond donors (Lipinski definition) is 1. The van der Waals surface area contributed by atoms with Gasteiger partial charge in [-0.1, -0.05) is 22.0 Å². The third-order valence-corrected chi connectivity index (χ3v) is 5.43. The van der Waals surface area contributed by atoms with Gasteiger partial charge >= 0.3 is 0 Å². The third kappa shape index (κ3) is 3.99. The number of anilines is 2. The van der Waals surface area contributed by atoms with E-state index >= 15 is 0 Å². The molecule has 7 nitrogen and oxygen atoms in total. The van der Waals surface area contributed by atoms with Crippen molar-refractivity contribution in [3.05, 3.63) is 70.7 Å². The molecule has 1 aromatic heterocycles. The van der Waals surface area contributed by atoms with Crippen molar-refractivity contribution in [2.24, 2.45) is 0 Å². The molecule has 9 heteroatoms. The van der Waals surface area contributed by atoms with Gasteiger partial charge in [0.1, 0.15) is 24.6 Å². The molecule has 1 aliphatic rings. The van der Waals surface area contributed by atoms with Crippen LogP contribution in [0.15, 0.2) is 59.3 Å². The van der Waals surface area contributed by atoms with Crippen molar-refractivity contribution in [1.82, 2.24) is 9.97 Å². The van der Waals surface area contributed by atoms with E-state index in [4.69, 9.17) is 18.9 Å². The topological polar surface area (TPSA) is 74.7 Å².